The average molecular weight is 136 g/mol. The molecule has 1 aromatic carbocycles. The predicted molar refractivity (Wildman–Crippen MR) is 45.6 cm³/mol. The summed E-state index contributed by atoms with van der Waals surface area (Å²) < 4.78 is 0. The van der Waals surface area contributed by atoms with E-state index in [0.29, 0.717) is 5.69 Å². The Morgan fingerprint density at radius 1 is 1.60 bits per heavy atom. The van der Waals surface area contributed by atoms with Gasteiger partial charge in [0, 0.05) is 18.9 Å². The molecule has 2 heteroatoms. The molecule has 0 radical (unpaired) electrons. The van der Waals surface area contributed by atoms with E-state index in [1.54, 1.807) is 0 Å². The van der Waals surface area contributed by atoms with Crippen molar-refractivity contribution in [1.29, 1.82) is 5.41 Å². The summed E-state index contributed by atoms with van der Waals surface area (Å²) in [6, 6.07) is 5.66. The molecule has 0 fully saturated rings. The van der Waals surface area contributed by atoms with Gasteiger partial charge >= 0.3 is 0 Å². The smallest absolute Gasteiger partial charge is 0.0432 e. The van der Waals surface area contributed by atoms with Gasteiger partial charge < -0.3 is 11.1 Å². The van der Waals surface area contributed by atoms with Crippen molar-refractivity contribution >= 4 is 11.9 Å². The third kappa shape index (κ3) is 1.00. The van der Waals surface area contributed by atoms with E-state index in [9.17, 15) is 0 Å². The van der Waals surface area contributed by atoms with Crippen LogP contribution in [0.1, 0.15) is 12.6 Å². The van der Waals surface area contributed by atoms with Crippen LogP contribution in [0.25, 0.3) is 0 Å². The molecule has 0 spiro atoms. The first-order chi connectivity index (χ1) is 4.75. The molecule has 0 saturated heterocycles. The number of para-hydroxylation sites is 1. The molecule has 0 aliphatic rings. The highest BCUT2D eigenvalue weighted by molar-refractivity contribution is 5.85. The zero-order valence-electron chi connectivity index (χ0n) is 5.89. The van der Waals surface area contributed by atoms with Crippen LogP contribution < -0.4 is 5.73 Å². The van der Waals surface area contributed by atoms with E-state index in [-0.39, 0.29) is 1.43 Å². The van der Waals surface area contributed by atoms with Crippen LogP contribution in [0, 0.1) is 12.3 Å². The molecule has 1 rings (SSSR count). The van der Waals surface area contributed by atoms with Crippen molar-refractivity contribution in [1.82, 2.24) is 0 Å². The van der Waals surface area contributed by atoms with Crippen LogP contribution in [0.5, 0.6) is 0 Å². The molecule has 0 aromatic heterocycles. The van der Waals surface area contributed by atoms with E-state index < -0.39 is 0 Å². The fraction of sp³-hybridized carbons (Fsp3) is 0.125. The Morgan fingerprint density at radius 2 is 2.30 bits per heavy atom. The van der Waals surface area contributed by atoms with Gasteiger partial charge in [0.25, 0.3) is 0 Å². The molecule has 3 N–H and O–H groups in total. The normalized spacial score (nSPS) is 9.30. The summed E-state index contributed by atoms with van der Waals surface area (Å²) in [5.41, 5.74) is 8.17. The quantitative estimate of drug-likeness (QED) is 0.449. The van der Waals surface area contributed by atoms with Gasteiger partial charge in [0.1, 0.15) is 0 Å². The van der Waals surface area contributed by atoms with Gasteiger partial charge in [-0.15, -0.1) is 0 Å². The summed E-state index contributed by atoms with van der Waals surface area (Å²) in [6.45, 7) is 1.93. The van der Waals surface area contributed by atoms with Gasteiger partial charge in [-0.05, 0) is 12.5 Å². The summed E-state index contributed by atoms with van der Waals surface area (Å²) >= 11 is 0. The maximum atomic E-state index is 6.98. The highest BCUT2D eigenvalue weighted by Crippen LogP contribution is 2.13. The van der Waals surface area contributed by atoms with Crippen molar-refractivity contribution in [2.45, 2.75) is 6.92 Å². The molecule has 0 atom stereocenters. The van der Waals surface area contributed by atoms with Crippen LogP contribution >= 0.6 is 0 Å². The summed E-state index contributed by atoms with van der Waals surface area (Å²) in [4.78, 5) is 0. The van der Waals surface area contributed by atoms with Crippen LogP contribution in [0.2, 0.25) is 0 Å². The molecule has 0 aliphatic heterocycles. The van der Waals surface area contributed by atoms with Crippen molar-refractivity contribution in [3.8, 4) is 0 Å². The number of nitrogen functional groups attached to an aromatic ring is 1. The minimum absolute atomic E-state index is 0. The molecule has 0 bridgehead atoms. The number of benzene rings is 1. The predicted octanol–water partition coefficient (Wildman–Crippen LogP) is 1.82. The highest BCUT2D eigenvalue weighted by atomic mass is 14.6. The average Bonchev–Trinajstić information content (AvgIpc) is 1.95. The first-order valence-electron chi connectivity index (χ1n) is 3.11. The standard InChI is InChI=1S/C8H10N2.H2/c1-6-3-2-4-7(5-9)8(6)10;/h2-5,9H,10H2,1H3;1H. The fourth-order valence-electron chi connectivity index (χ4n) is 0.829. The summed E-state index contributed by atoms with van der Waals surface area (Å²) in [6.07, 6.45) is 1.27. The summed E-state index contributed by atoms with van der Waals surface area (Å²) in [7, 11) is 0. The van der Waals surface area contributed by atoms with Crippen molar-refractivity contribution in [3.63, 3.8) is 0 Å². The molecular weight excluding hydrogens is 124 g/mol. The fourth-order valence-corrected chi connectivity index (χ4v) is 0.829. The monoisotopic (exact) mass is 136 g/mol. The lowest BCUT2D eigenvalue weighted by molar-refractivity contribution is 1.45. The van der Waals surface area contributed by atoms with Gasteiger partial charge in [-0.3, -0.25) is 0 Å². The van der Waals surface area contributed by atoms with E-state index >= 15 is 0 Å². The molecule has 1 aromatic rings. The maximum absolute atomic E-state index is 6.98. The second kappa shape index (κ2) is 2.52. The SMILES string of the molecule is Cc1cccc(C=N)c1N.[HH]. The minimum atomic E-state index is 0. The number of hydrogen-bond donors (Lipinski definition) is 2. The van der Waals surface area contributed by atoms with Gasteiger partial charge in [-0.1, -0.05) is 18.2 Å². The topological polar surface area (TPSA) is 49.9 Å². The molecule has 0 amide bonds. The van der Waals surface area contributed by atoms with Crippen LogP contribution in [0.15, 0.2) is 18.2 Å². The molecule has 10 heavy (non-hydrogen) atoms. The van der Waals surface area contributed by atoms with Gasteiger partial charge in [0.05, 0.1) is 0 Å². The van der Waals surface area contributed by atoms with E-state index in [1.807, 2.05) is 25.1 Å². The highest BCUT2D eigenvalue weighted by Gasteiger charge is 1.95. The molecule has 54 valence electrons. The third-order valence-corrected chi connectivity index (χ3v) is 1.51. The van der Waals surface area contributed by atoms with Crippen molar-refractivity contribution in [2.24, 2.45) is 0 Å². The largest absolute Gasteiger partial charge is 0.398 e. The van der Waals surface area contributed by atoms with Crippen molar-refractivity contribution in [2.75, 3.05) is 5.73 Å². The Hall–Kier alpha value is -1.31. The first-order valence-corrected chi connectivity index (χ1v) is 3.11. The zero-order valence-corrected chi connectivity index (χ0v) is 5.89. The van der Waals surface area contributed by atoms with Crippen LogP contribution in [0.3, 0.4) is 0 Å². The number of hydrogen-bond acceptors (Lipinski definition) is 2. The number of nitrogens with one attached hydrogen (secondary N) is 1. The number of anilines is 1. The van der Waals surface area contributed by atoms with Gasteiger partial charge in [0.15, 0.2) is 0 Å². The number of aryl methyl sites for hydroxylation is 1. The second-order valence-corrected chi connectivity index (χ2v) is 2.22. The van der Waals surface area contributed by atoms with Crippen molar-refractivity contribution in [3.05, 3.63) is 29.3 Å². The Bertz CT molecular complexity index is 258. The van der Waals surface area contributed by atoms with E-state index in [1.165, 1.54) is 6.21 Å². The number of nitrogens with two attached hydrogens (primary N) is 1. The molecule has 2 nitrogen and oxygen atoms in total. The zero-order chi connectivity index (χ0) is 7.56. The lowest BCUT2D eigenvalue weighted by atomic mass is 10.1. The molecule has 0 heterocycles. The van der Waals surface area contributed by atoms with Crippen LogP contribution in [-0.4, -0.2) is 6.21 Å². The Labute approximate surface area is 61.7 Å². The lowest BCUT2D eigenvalue weighted by Crippen LogP contribution is -1.94. The third-order valence-electron chi connectivity index (χ3n) is 1.51. The van der Waals surface area contributed by atoms with Crippen LogP contribution in [0.4, 0.5) is 5.69 Å². The molecule has 0 saturated carbocycles. The van der Waals surface area contributed by atoms with E-state index in [4.69, 9.17) is 11.1 Å². The van der Waals surface area contributed by atoms with E-state index in [0.717, 1.165) is 11.1 Å². The molecule has 0 unspecified atom stereocenters. The number of rotatable bonds is 1. The lowest BCUT2D eigenvalue weighted by Gasteiger charge is -2.01. The van der Waals surface area contributed by atoms with Gasteiger partial charge in [-0.25, -0.2) is 0 Å². The Kier molecular flexibility index (Phi) is 1.71. The summed E-state index contributed by atoms with van der Waals surface area (Å²) in [5, 5.41) is 6.98. The summed E-state index contributed by atoms with van der Waals surface area (Å²) in [5.74, 6) is 0. The molecular formula is C8H12N2. The minimum Gasteiger partial charge on any atom is -0.398 e. The Balaban J connectivity index is 0.000001000. The maximum Gasteiger partial charge on any atom is 0.0432 e. The van der Waals surface area contributed by atoms with Gasteiger partial charge in [0.2, 0.25) is 0 Å². The Morgan fingerprint density at radius 3 is 2.80 bits per heavy atom. The first kappa shape index (κ1) is 6.81. The van der Waals surface area contributed by atoms with Gasteiger partial charge in [-0.2, -0.15) is 0 Å². The van der Waals surface area contributed by atoms with Crippen LogP contribution in [-0.2, 0) is 0 Å². The van der Waals surface area contributed by atoms with Crippen molar-refractivity contribution < 1.29 is 1.43 Å². The molecule has 0 aliphatic carbocycles. The van der Waals surface area contributed by atoms with E-state index in [2.05, 4.69) is 0 Å². The second-order valence-electron chi connectivity index (χ2n) is 2.22.